The van der Waals surface area contributed by atoms with E-state index in [1.165, 1.54) is 0 Å². The van der Waals surface area contributed by atoms with E-state index in [0.29, 0.717) is 35.4 Å². The molecule has 3 rings (SSSR count). The number of rotatable bonds is 5. The van der Waals surface area contributed by atoms with Gasteiger partial charge in [-0.15, -0.1) is 0 Å². The monoisotopic (exact) mass is 293 g/mol. The van der Waals surface area contributed by atoms with Gasteiger partial charge in [-0.3, -0.25) is 9.97 Å². The summed E-state index contributed by atoms with van der Waals surface area (Å²) in [4.78, 5) is 17.3. The maximum Gasteiger partial charge on any atom is 0.150 e. The van der Waals surface area contributed by atoms with Gasteiger partial charge >= 0.3 is 0 Å². The summed E-state index contributed by atoms with van der Waals surface area (Å²) in [5.41, 5.74) is 1.31. The van der Waals surface area contributed by atoms with E-state index in [2.05, 4.69) is 25.3 Å². The van der Waals surface area contributed by atoms with E-state index in [1.54, 1.807) is 24.8 Å². The average molecular weight is 293 g/mol. The Labute approximate surface area is 128 Å². The molecule has 0 spiro atoms. The zero-order valence-corrected chi connectivity index (χ0v) is 12.1. The van der Waals surface area contributed by atoms with E-state index in [-0.39, 0.29) is 0 Å². The van der Waals surface area contributed by atoms with Gasteiger partial charge in [0.2, 0.25) is 0 Å². The highest BCUT2D eigenvalue weighted by Crippen LogP contribution is 2.26. The number of ether oxygens (including phenoxy) is 1. The average Bonchev–Trinajstić information content (AvgIpc) is 2.57. The molecule has 0 aliphatic carbocycles. The fraction of sp³-hybridized carbons (Fsp3) is 0.125. The maximum absolute atomic E-state index is 5.59. The Morgan fingerprint density at radius 3 is 2.73 bits per heavy atom. The maximum atomic E-state index is 5.59. The second-order valence-corrected chi connectivity index (χ2v) is 4.41. The molecule has 0 unspecified atom stereocenters. The van der Waals surface area contributed by atoms with Crippen LogP contribution in [-0.4, -0.2) is 26.5 Å². The normalized spacial score (nSPS) is 10.2. The molecule has 0 aliphatic rings. The first kappa shape index (κ1) is 13.9. The van der Waals surface area contributed by atoms with E-state index in [0.717, 1.165) is 0 Å². The predicted molar refractivity (Wildman–Crippen MR) is 84.0 cm³/mol. The molecule has 3 aromatic rings. The van der Waals surface area contributed by atoms with Gasteiger partial charge in [-0.2, -0.15) is 0 Å². The second kappa shape index (κ2) is 6.62. The van der Waals surface area contributed by atoms with Crippen LogP contribution >= 0.6 is 0 Å². The molecule has 0 saturated heterocycles. The zero-order chi connectivity index (χ0) is 15.2. The van der Waals surface area contributed by atoms with Crippen molar-refractivity contribution in [1.29, 1.82) is 0 Å². The lowest BCUT2D eigenvalue weighted by Gasteiger charge is -2.09. The number of pyridine rings is 2. The molecule has 0 bridgehead atoms. The molecule has 0 saturated carbocycles. The zero-order valence-electron chi connectivity index (χ0n) is 12.1. The van der Waals surface area contributed by atoms with Crippen molar-refractivity contribution in [2.24, 2.45) is 0 Å². The van der Waals surface area contributed by atoms with Gasteiger partial charge in [0.15, 0.2) is 5.82 Å². The smallest absolute Gasteiger partial charge is 0.150 e. The second-order valence-electron chi connectivity index (χ2n) is 4.41. The van der Waals surface area contributed by atoms with Crippen molar-refractivity contribution >= 4 is 11.6 Å². The molecule has 6 heteroatoms. The summed E-state index contributed by atoms with van der Waals surface area (Å²) in [5, 5.41) is 3.11. The lowest BCUT2D eigenvalue weighted by Crippen LogP contribution is -2.00. The molecule has 0 amide bonds. The summed E-state index contributed by atoms with van der Waals surface area (Å²) in [7, 11) is 0. The Bertz CT molecular complexity index is 748. The highest BCUT2D eigenvalue weighted by Gasteiger charge is 2.10. The fourth-order valence-corrected chi connectivity index (χ4v) is 1.96. The van der Waals surface area contributed by atoms with Crippen LogP contribution in [-0.2, 0) is 0 Å². The fourth-order valence-electron chi connectivity index (χ4n) is 1.96. The molecule has 0 radical (unpaired) electrons. The molecule has 0 aliphatic heterocycles. The molecule has 3 aromatic heterocycles. The largest absolute Gasteiger partial charge is 0.492 e. The minimum atomic E-state index is 0.567. The molecule has 110 valence electrons. The van der Waals surface area contributed by atoms with Crippen LogP contribution in [0.15, 0.2) is 55.1 Å². The van der Waals surface area contributed by atoms with Crippen LogP contribution in [0, 0.1) is 0 Å². The van der Waals surface area contributed by atoms with Gasteiger partial charge in [0.1, 0.15) is 23.0 Å². The highest BCUT2D eigenvalue weighted by molar-refractivity contribution is 5.63. The molecular weight excluding hydrogens is 278 g/mol. The van der Waals surface area contributed by atoms with Crippen molar-refractivity contribution in [3.8, 4) is 17.1 Å². The van der Waals surface area contributed by atoms with E-state index >= 15 is 0 Å². The Kier molecular flexibility index (Phi) is 4.20. The topological polar surface area (TPSA) is 72.8 Å². The molecular formula is C16H15N5O. The van der Waals surface area contributed by atoms with Crippen molar-refractivity contribution in [3.63, 3.8) is 0 Å². The molecule has 3 heterocycles. The Morgan fingerprint density at radius 2 is 1.91 bits per heavy atom. The van der Waals surface area contributed by atoms with Crippen LogP contribution in [0.25, 0.3) is 11.4 Å². The van der Waals surface area contributed by atoms with Crippen molar-refractivity contribution in [2.75, 3.05) is 11.9 Å². The van der Waals surface area contributed by atoms with E-state index in [4.69, 9.17) is 4.74 Å². The number of nitrogens with one attached hydrogen (secondary N) is 1. The Balaban J connectivity index is 1.91. The minimum absolute atomic E-state index is 0.567. The molecule has 0 fully saturated rings. The van der Waals surface area contributed by atoms with E-state index in [1.807, 2.05) is 37.3 Å². The summed E-state index contributed by atoms with van der Waals surface area (Å²) < 4.78 is 5.59. The highest BCUT2D eigenvalue weighted by atomic mass is 16.5. The van der Waals surface area contributed by atoms with Gasteiger partial charge in [0, 0.05) is 12.4 Å². The SMILES string of the molecule is CCOc1cccnc1-c1cncc(Nc2ccccn2)n1. The Hall–Kier alpha value is -3.02. The van der Waals surface area contributed by atoms with Crippen LogP contribution in [0.1, 0.15) is 6.92 Å². The summed E-state index contributed by atoms with van der Waals surface area (Å²) >= 11 is 0. The van der Waals surface area contributed by atoms with Crippen molar-refractivity contribution in [2.45, 2.75) is 6.92 Å². The molecule has 1 N–H and O–H groups in total. The first-order valence-electron chi connectivity index (χ1n) is 6.95. The number of hydrogen-bond acceptors (Lipinski definition) is 6. The van der Waals surface area contributed by atoms with Crippen LogP contribution in [0.3, 0.4) is 0 Å². The first-order chi connectivity index (χ1) is 10.9. The van der Waals surface area contributed by atoms with Crippen LogP contribution < -0.4 is 10.1 Å². The van der Waals surface area contributed by atoms with Crippen molar-refractivity contribution in [1.82, 2.24) is 19.9 Å². The van der Waals surface area contributed by atoms with Crippen molar-refractivity contribution in [3.05, 3.63) is 55.1 Å². The summed E-state index contributed by atoms with van der Waals surface area (Å²) in [5.74, 6) is 2.00. The standard InChI is InChI=1S/C16H15N5O/c1-2-22-13-6-5-9-19-16(13)12-10-17-11-15(20-12)21-14-7-3-4-8-18-14/h3-11H,2H2,1H3,(H,18,20,21). The predicted octanol–water partition coefficient (Wildman–Crippen LogP) is 3.08. The van der Waals surface area contributed by atoms with Gasteiger partial charge in [0.25, 0.3) is 0 Å². The number of anilines is 2. The lowest BCUT2D eigenvalue weighted by atomic mass is 10.2. The van der Waals surface area contributed by atoms with Gasteiger partial charge in [-0.05, 0) is 31.2 Å². The molecule has 0 aromatic carbocycles. The van der Waals surface area contributed by atoms with Crippen LogP contribution in [0.5, 0.6) is 5.75 Å². The quantitative estimate of drug-likeness (QED) is 0.779. The Morgan fingerprint density at radius 1 is 1.00 bits per heavy atom. The summed E-state index contributed by atoms with van der Waals surface area (Å²) in [6.45, 7) is 2.50. The van der Waals surface area contributed by atoms with Gasteiger partial charge in [0.05, 0.1) is 19.0 Å². The third-order valence-corrected chi connectivity index (χ3v) is 2.87. The summed E-state index contributed by atoms with van der Waals surface area (Å²) in [6, 6.07) is 9.32. The first-order valence-corrected chi connectivity index (χ1v) is 6.95. The van der Waals surface area contributed by atoms with Crippen LogP contribution in [0.4, 0.5) is 11.6 Å². The van der Waals surface area contributed by atoms with Gasteiger partial charge in [-0.25, -0.2) is 9.97 Å². The van der Waals surface area contributed by atoms with Gasteiger partial charge < -0.3 is 10.1 Å². The van der Waals surface area contributed by atoms with Crippen LogP contribution in [0.2, 0.25) is 0 Å². The molecule has 0 atom stereocenters. The third kappa shape index (κ3) is 3.17. The minimum Gasteiger partial charge on any atom is -0.492 e. The number of aromatic nitrogens is 4. The van der Waals surface area contributed by atoms with Gasteiger partial charge in [-0.1, -0.05) is 6.07 Å². The number of hydrogen-bond donors (Lipinski definition) is 1. The lowest BCUT2D eigenvalue weighted by molar-refractivity contribution is 0.340. The summed E-state index contributed by atoms with van der Waals surface area (Å²) in [6.07, 6.45) is 6.72. The van der Waals surface area contributed by atoms with E-state index < -0.39 is 0 Å². The van der Waals surface area contributed by atoms with Crippen molar-refractivity contribution < 1.29 is 4.74 Å². The molecule has 6 nitrogen and oxygen atoms in total. The molecule has 22 heavy (non-hydrogen) atoms. The number of nitrogens with zero attached hydrogens (tertiary/aromatic N) is 4. The third-order valence-electron chi connectivity index (χ3n) is 2.87. The van der Waals surface area contributed by atoms with E-state index in [9.17, 15) is 0 Å².